The third-order valence-corrected chi connectivity index (χ3v) is 3.51. The third-order valence-electron chi connectivity index (χ3n) is 3.06. The first-order valence-electron chi connectivity index (χ1n) is 7.40. The molecule has 0 saturated heterocycles. The van der Waals surface area contributed by atoms with Gasteiger partial charge in [-0.1, -0.05) is 54.1 Å². The van der Waals surface area contributed by atoms with Crippen molar-refractivity contribution in [3.8, 4) is 0 Å². The van der Waals surface area contributed by atoms with E-state index >= 15 is 0 Å². The topological polar surface area (TPSA) is 70.2 Å². The van der Waals surface area contributed by atoms with Gasteiger partial charge in [0.2, 0.25) is 11.8 Å². The van der Waals surface area contributed by atoms with Crippen molar-refractivity contribution in [3.63, 3.8) is 0 Å². The fourth-order valence-corrected chi connectivity index (χ4v) is 2.16. The van der Waals surface area contributed by atoms with E-state index in [9.17, 15) is 9.59 Å². The Kier molecular flexibility index (Phi) is 7.13. The molecule has 0 atom stereocenters. The van der Waals surface area contributed by atoms with Gasteiger partial charge in [0, 0.05) is 11.1 Å². The largest absolute Gasteiger partial charge is 0.298 e. The van der Waals surface area contributed by atoms with Gasteiger partial charge in [-0.05, 0) is 41.6 Å². The Morgan fingerprint density at radius 2 is 1.68 bits per heavy atom. The van der Waals surface area contributed by atoms with Crippen LogP contribution >= 0.6 is 23.8 Å². The van der Waals surface area contributed by atoms with Gasteiger partial charge in [0.1, 0.15) is 0 Å². The summed E-state index contributed by atoms with van der Waals surface area (Å²) in [5, 5.41) is 3.06. The Hall–Kier alpha value is -2.70. The van der Waals surface area contributed by atoms with Crippen LogP contribution < -0.4 is 16.2 Å². The number of hydrazine groups is 1. The maximum Gasteiger partial charge on any atom is 0.250 e. The lowest BCUT2D eigenvalue weighted by atomic mass is 10.1. The molecule has 0 aliphatic heterocycles. The Labute approximate surface area is 156 Å². The lowest BCUT2D eigenvalue weighted by Crippen LogP contribution is -2.48. The Morgan fingerprint density at radius 3 is 2.36 bits per heavy atom. The van der Waals surface area contributed by atoms with Crippen molar-refractivity contribution in [1.82, 2.24) is 16.2 Å². The van der Waals surface area contributed by atoms with Gasteiger partial charge in [0.25, 0.3) is 0 Å². The molecule has 3 N–H and O–H groups in total. The fraction of sp³-hybridized carbons (Fsp3) is 0.0556. The quantitative estimate of drug-likeness (QED) is 0.438. The first-order valence-corrected chi connectivity index (χ1v) is 8.19. The van der Waals surface area contributed by atoms with E-state index < -0.39 is 5.91 Å². The number of rotatable bonds is 4. The average molecular weight is 374 g/mol. The summed E-state index contributed by atoms with van der Waals surface area (Å²) in [4.78, 5) is 23.5. The Bertz CT molecular complexity index is 777. The maximum atomic E-state index is 11.8. The average Bonchev–Trinajstić information content (AvgIpc) is 2.60. The van der Waals surface area contributed by atoms with E-state index in [0.717, 1.165) is 11.1 Å². The molecule has 0 aliphatic rings. The van der Waals surface area contributed by atoms with Crippen molar-refractivity contribution in [2.45, 2.75) is 6.42 Å². The minimum atomic E-state index is -0.412. The molecule has 2 amide bonds. The highest BCUT2D eigenvalue weighted by Crippen LogP contribution is 2.10. The van der Waals surface area contributed by atoms with Crippen LogP contribution in [-0.4, -0.2) is 16.9 Å². The summed E-state index contributed by atoms with van der Waals surface area (Å²) >= 11 is 10.7. The highest BCUT2D eigenvalue weighted by atomic mass is 35.5. The molecule has 0 spiro atoms. The second-order valence-electron chi connectivity index (χ2n) is 5.04. The molecule has 7 heteroatoms. The lowest BCUT2D eigenvalue weighted by Gasteiger charge is -2.09. The number of thiocarbonyl (C=S) groups is 1. The van der Waals surface area contributed by atoms with Crippen LogP contribution in [0.1, 0.15) is 11.1 Å². The third kappa shape index (κ3) is 7.15. The van der Waals surface area contributed by atoms with Gasteiger partial charge >= 0.3 is 0 Å². The van der Waals surface area contributed by atoms with E-state index in [-0.39, 0.29) is 17.4 Å². The number of amides is 2. The molecule has 0 bridgehead atoms. The van der Waals surface area contributed by atoms with Gasteiger partial charge in [0.05, 0.1) is 6.42 Å². The molecule has 0 fully saturated rings. The van der Waals surface area contributed by atoms with Crippen LogP contribution in [0, 0.1) is 0 Å². The van der Waals surface area contributed by atoms with Crippen molar-refractivity contribution in [2.75, 3.05) is 0 Å². The van der Waals surface area contributed by atoms with E-state index in [1.54, 1.807) is 30.3 Å². The number of halogens is 1. The summed E-state index contributed by atoms with van der Waals surface area (Å²) in [6.07, 6.45) is 3.17. The molecule has 5 nitrogen and oxygen atoms in total. The Morgan fingerprint density at radius 1 is 1.00 bits per heavy atom. The number of carbonyl (C=O) groups excluding carboxylic acids is 2. The van der Waals surface area contributed by atoms with E-state index in [1.165, 1.54) is 6.08 Å². The summed E-state index contributed by atoms with van der Waals surface area (Å²) < 4.78 is 0. The van der Waals surface area contributed by atoms with Crippen molar-refractivity contribution in [3.05, 3.63) is 76.8 Å². The second kappa shape index (κ2) is 9.56. The van der Waals surface area contributed by atoms with E-state index in [1.807, 2.05) is 30.3 Å². The molecule has 0 heterocycles. The monoisotopic (exact) mass is 373 g/mol. The van der Waals surface area contributed by atoms with Crippen LogP contribution in [0.15, 0.2) is 60.7 Å². The number of hydrogen-bond acceptors (Lipinski definition) is 3. The standard InChI is InChI=1S/C18H16ClN3O2S/c19-15-9-6-13(7-10-15)8-11-16(23)20-18(25)22-21-17(24)12-14-4-2-1-3-5-14/h1-11H,12H2,(H,21,24)(H2,20,22,23,25)/b11-8+. The van der Waals surface area contributed by atoms with Crippen LogP contribution in [0.2, 0.25) is 5.02 Å². The van der Waals surface area contributed by atoms with Crippen molar-refractivity contribution in [1.29, 1.82) is 0 Å². The minimum absolute atomic E-state index is 0.00664. The zero-order chi connectivity index (χ0) is 18.1. The molecule has 0 radical (unpaired) electrons. The summed E-state index contributed by atoms with van der Waals surface area (Å²) in [7, 11) is 0. The lowest BCUT2D eigenvalue weighted by molar-refractivity contribution is -0.121. The van der Waals surface area contributed by atoms with Crippen molar-refractivity contribution < 1.29 is 9.59 Å². The number of benzene rings is 2. The van der Waals surface area contributed by atoms with Gasteiger partial charge in [0.15, 0.2) is 5.11 Å². The van der Waals surface area contributed by atoms with Crippen molar-refractivity contribution >= 4 is 46.8 Å². The molecular formula is C18H16ClN3O2S. The summed E-state index contributed by atoms with van der Waals surface area (Å²) in [6.45, 7) is 0. The van der Waals surface area contributed by atoms with Gasteiger partial charge in [-0.2, -0.15) is 0 Å². The van der Waals surface area contributed by atoms with Crippen LogP contribution in [0.4, 0.5) is 0 Å². The van der Waals surface area contributed by atoms with Crippen molar-refractivity contribution in [2.24, 2.45) is 0 Å². The molecule has 25 heavy (non-hydrogen) atoms. The van der Waals surface area contributed by atoms with Crippen LogP contribution in [0.3, 0.4) is 0 Å². The molecule has 0 saturated carbocycles. The number of carbonyl (C=O) groups is 2. The molecule has 2 aromatic rings. The van der Waals surface area contributed by atoms with Gasteiger partial charge in [-0.3, -0.25) is 25.8 Å². The van der Waals surface area contributed by atoms with Crippen LogP contribution in [0.25, 0.3) is 6.08 Å². The number of nitrogens with one attached hydrogen (secondary N) is 3. The molecule has 0 aromatic heterocycles. The number of hydrogen-bond donors (Lipinski definition) is 3. The SMILES string of the molecule is O=C(/C=C/c1ccc(Cl)cc1)NC(=S)NNC(=O)Cc1ccccc1. The van der Waals surface area contributed by atoms with E-state index in [4.69, 9.17) is 23.8 Å². The first kappa shape index (κ1) is 18.6. The van der Waals surface area contributed by atoms with Gasteiger partial charge in [-0.15, -0.1) is 0 Å². The fourth-order valence-electron chi connectivity index (χ4n) is 1.88. The van der Waals surface area contributed by atoms with E-state index in [0.29, 0.717) is 5.02 Å². The molecule has 2 aromatic carbocycles. The van der Waals surface area contributed by atoms with Crippen LogP contribution in [-0.2, 0) is 16.0 Å². The summed E-state index contributed by atoms with van der Waals surface area (Å²) in [5.74, 6) is -0.677. The summed E-state index contributed by atoms with van der Waals surface area (Å²) in [5.41, 5.74) is 6.63. The molecular weight excluding hydrogens is 358 g/mol. The zero-order valence-electron chi connectivity index (χ0n) is 13.2. The second-order valence-corrected chi connectivity index (χ2v) is 5.88. The first-order chi connectivity index (χ1) is 12.0. The highest BCUT2D eigenvalue weighted by molar-refractivity contribution is 7.80. The molecule has 128 valence electrons. The van der Waals surface area contributed by atoms with Crippen LogP contribution in [0.5, 0.6) is 0 Å². The van der Waals surface area contributed by atoms with Gasteiger partial charge < -0.3 is 0 Å². The minimum Gasteiger partial charge on any atom is -0.298 e. The zero-order valence-corrected chi connectivity index (χ0v) is 14.7. The Balaban J connectivity index is 1.73. The van der Waals surface area contributed by atoms with Gasteiger partial charge in [-0.25, -0.2) is 0 Å². The molecule has 0 aliphatic carbocycles. The molecule has 2 rings (SSSR count). The smallest absolute Gasteiger partial charge is 0.250 e. The summed E-state index contributed by atoms with van der Waals surface area (Å²) in [6, 6.07) is 16.3. The molecule has 0 unspecified atom stereocenters. The van der Waals surface area contributed by atoms with E-state index in [2.05, 4.69) is 16.2 Å². The predicted octanol–water partition coefficient (Wildman–Crippen LogP) is 2.62. The highest BCUT2D eigenvalue weighted by Gasteiger charge is 2.05. The normalized spacial score (nSPS) is 10.3. The predicted molar refractivity (Wildman–Crippen MR) is 103 cm³/mol. The maximum absolute atomic E-state index is 11.8.